The molecule has 2 nitrogen and oxygen atoms in total. The first-order valence-corrected chi connectivity index (χ1v) is 6.47. The maximum atomic E-state index is 13.6. The minimum Gasteiger partial charge on any atom is -0.347 e. The molecule has 0 spiro atoms. The molecular formula is C14H13FN2S. The second-order valence-electron chi connectivity index (χ2n) is 4.66. The summed E-state index contributed by atoms with van der Waals surface area (Å²) in [6.45, 7) is 0. The van der Waals surface area contributed by atoms with Gasteiger partial charge in [-0.3, -0.25) is 0 Å². The second-order valence-corrected chi connectivity index (χ2v) is 5.08. The van der Waals surface area contributed by atoms with E-state index in [2.05, 4.69) is 9.97 Å². The summed E-state index contributed by atoms with van der Waals surface area (Å²) in [7, 11) is 0. The molecule has 1 aromatic carbocycles. The van der Waals surface area contributed by atoms with Gasteiger partial charge in [0.15, 0.2) is 0 Å². The molecule has 0 bridgehead atoms. The van der Waals surface area contributed by atoms with Crippen LogP contribution in [0.3, 0.4) is 0 Å². The molecule has 0 aliphatic heterocycles. The topological polar surface area (TPSA) is 28.7 Å². The summed E-state index contributed by atoms with van der Waals surface area (Å²) >= 11 is 5.16. The smallest absolute Gasteiger partial charge is 0.130 e. The molecule has 1 N–H and O–H groups in total. The molecule has 0 saturated heterocycles. The highest BCUT2D eigenvalue weighted by molar-refractivity contribution is 7.71. The predicted octanol–water partition coefficient (Wildman–Crippen LogP) is 3.75. The fourth-order valence-corrected chi connectivity index (χ4v) is 2.29. The van der Waals surface area contributed by atoms with Gasteiger partial charge in [-0.25, -0.2) is 9.37 Å². The van der Waals surface area contributed by atoms with Crippen molar-refractivity contribution in [3.05, 3.63) is 57.9 Å². The number of halogens is 1. The van der Waals surface area contributed by atoms with Gasteiger partial charge in [0.1, 0.15) is 16.3 Å². The van der Waals surface area contributed by atoms with Gasteiger partial charge in [0, 0.05) is 12.1 Å². The van der Waals surface area contributed by atoms with E-state index in [0.29, 0.717) is 22.5 Å². The van der Waals surface area contributed by atoms with Crippen LogP contribution in [0.25, 0.3) is 0 Å². The van der Waals surface area contributed by atoms with Crippen molar-refractivity contribution in [2.75, 3.05) is 0 Å². The standard InChI is InChI=1S/C14H13FN2S/c15-11-4-2-1-3-10(11)7-13-16-12(9-5-6-9)8-14(18)17-13/h1-4,8-9H,5-7H2,(H,16,17,18). The first-order valence-electron chi connectivity index (χ1n) is 6.06. The Hall–Kier alpha value is -1.55. The van der Waals surface area contributed by atoms with E-state index in [1.807, 2.05) is 12.1 Å². The first kappa shape index (κ1) is 11.5. The molecule has 2 aromatic rings. The van der Waals surface area contributed by atoms with Crippen molar-refractivity contribution in [2.45, 2.75) is 25.2 Å². The van der Waals surface area contributed by atoms with Crippen LogP contribution < -0.4 is 0 Å². The summed E-state index contributed by atoms with van der Waals surface area (Å²) < 4.78 is 14.2. The molecule has 1 aromatic heterocycles. The van der Waals surface area contributed by atoms with Crippen molar-refractivity contribution in [3.8, 4) is 0 Å². The van der Waals surface area contributed by atoms with Crippen molar-refractivity contribution in [3.63, 3.8) is 0 Å². The van der Waals surface area contributed by atoms with Crippen LogP contribution in [0.15, 0.2) is 30.3 Å². The summed E-state index contributed by atoms with van der Waals surface area (Å²) in [6, 6.07) is 8.68. The van der Waals surface area contributed by atoms with E-state index in [9.17, 15) is 4.39 Å². The molecule has 0 radical (unpaired) electrons. The zero-order valence-corrected chi connectivity index (χ0v) is 10.6. The third-order valence-electron chi connectivity index (χ3n) is 3.15. The summed E-state index contributed by atoms with van der Waals surface area (Å²) in [4.78, 5) is 7.55. The Balaban J connectivity index is 1.93. The quantitative estimate of drug-likeness (QED) is 0.851. The Kier molecular flexibility index (Phi) is 2.96. The Morgan fingerprint density at radius 3 is 2.83 bits per heavy atom. The fraction of sp³-hybridized carbons (Fsp3) is 0.286. The van der Waals surface area contributed by atoms with Crippen molar-refractivity contribution in [1.82, 2.24) is 9.97 Å². The van der Waals surface area contributed by atoms with Crippen LogP contribution in [-0.4, -0.2) is 9.97 Å². The van der Waals surface area contributed by atoms with Gasteiger partial charge in [-0.2, -0.15) is 0 Å². The van der Waals surface area contributed by atoms with Crippen LogP contribution in [0.5, 0.6) is 0 Å². The number of hydrogen-bond acceptors (Lipinski definition) is 2. The van der Waals surface area contributed by atoms with Crippen LogP contribution in [0.4, 0.5) is 4.39 Å². The van der Waals surface area contributed by atoms with Crippen LogP contribution >= 0.6 is 12.2 Å². The number of hydrogen-bond donors (Lipinski definition) is 1. The maximum absolute atomic E-state index is 13.6. The van der Waals surface area contributed by atoms with Crippen LogP contribution in [-0.2, 0) is 6.42 Å². The molecule has 1 aliphatic rings. The lowest BCUT2D eigenvalue weighted by molar-refractivity contribution is 0.611. The molecule has 18 heavy (non-hydrogen) atoms. The van der Waals surface area contributed by atoms with Crippen molar-refractivity contribution < 1.29 is 4.39 Å². The summed E-state index contributed by atoms with van der Waals surface area (Å²) in [5.41, 5.74) is 1.78. The number of nitrogens with one attached hydrogen (secondary N) is 1. The minimum absolute atomic E-state index is 0.199. The van der Waals surface area contributed by atoms with Gasteiger partial charge in [0.05, 0.1) is 0 Å². The Labute approximate surface area is 110 Å². The number of aromatic nitrogens is 2. The minimum atomic E-state index is -0.199. The van der Waals surface area contributed by atoms with Gasteiger partial charge >= 0.3 is 0 Å². The van der Waals surface area contributed by atoms with E-state index < -0.39 is 0 Å². The van der Waals surface area contributed by atoms with Crippen molar-refractivity contribution in [2.24, 2.45) is 0 Å². The summed E-state index contributed by atoms with van der Waals surface area (Å²) in [5.74, 6) is 1.14. The Bertz CT molecular complexity index is 632. The zero-order valence-electron chi connectivity index (χ0n) is 9.82. The Morgan fingerprint density at radius 2 is 2.11 bits per heavy atom. The zero-order chi connectivity index (χ0) is 12.5. The number of benzene rings is 1. The van der Waals surface area contributed by atoms with Crippen LogP contribution in [0.1, 0.15) is 35.8 Å². The highest BCUT2D eigenvalue weighted by Crippen LogP contribution is 2.38. The van der Waals surface area contributed by atoms with Gasteiger partial charge < -0.3 is 4.98 Å². The molecule has 0 unspecified atom stereocenters. The van der Waals surface area contributed by atoms with E-state index in [1.165, 1.54) is 18.9 Å². The molecule has 1 saturated carbocycles. The normalized spacial score (nSPS) is 14.7. The highest BCUT2D eigenvalue weighted by atomic mass is 32.1. The molecule has 1 heterocycles. The van der Waals surface area contributed by atoms with Gasteiger partial charge in [0.25, 0.3) is 0 Å². The third kappa shape index (κ3) is 2.48. The molecule has 3 rings (SSSR count). The summed E-state index contributed by atoms with van der Waals surface area (Å²) in [5, 5.41) is 0. The van der Waals surface area contributed by atoms with E-state index in [4.69, 9.17) is 12.2 Å². The second kappa shape index (κ2) is 4.61. The first-order chi connectivity index (χ1) is 8.72. The predicted molar refractivity (Wildman–Crippen MR) is 70.6 cm³/mol. The largest absolute Gasteiger partial charge is 0.347 e. The van der Waals surface area contributed by atoms with Gasteiger partial charge in [-0.15, -0.1) is 0 Å². The SMILES string of the molecule is Fc1ccccc1Cc1nc(=S)cc(C2CC2)[nH]1. The van der Waals surface area contributed by atoms with E-state index in [1.54, 1.807) is 12.1 Å². The number of aromatic amines is 1. The lowest BCUT2D eigenvalue weighted by Gasteiger charge is -2.06. The number of nitrogens with zero attached hydrogens (tertiary/aromatic N) is 1. The molecule has 92 valence electrons. The molecule has 4 heteroatoms. The highest BCUT2D eigenvalue weighted by Gasteiger charge is 2.24. The maximum Gasteiger partial charge on any atom is 0.130 e. The lowest BCUT2D eigenvalue weighted by atomic mass is 10.1. The average Bonchev–Trinajstić information content (AvgIpc) is 3.15. The molecular weight excluding hydrogens is 247 g/mol. The Morgan fingerprint density at radius 1 is 1.33 bits per heavy atom. The van der Waals surface area contributed by atoms with Crippen molar-refractivity contribution >= 4 is 12.2 Å². The fourth-order valence-electron chi connectivity index (χ4n) is 2.05. The van der Waals surface area contributed by atoms with E-state index in [-0.39, 0.29) is 5.82 Å². The van der Waals surface area contributed by atoms with E-state index in [0.717, 1.165) is 11.5 Å². The lowest BCUT2D eigenvalue weighted by Crippen LogP contribution is -2.01. The van der Waals surface area contributed by atoms with Crippen LogP contribution in [0, 0.1) is 10.5 Å². The van der Waals surface area contributed by atoms with Gasteiger partial charge in [-0.05, 0) is 36.5 Å². The molecule has 1 aliphatic carbocycles. The molecule has 1 fully saturated rings. The third-order valence-corrected chi connectivity index (χ3v) is 3.35. The number of H-pyrrole nitrogens is 1. The van der Waals surface area contributed by atoms with Gasteiger partial charge in [-0.1, -0.05) is 30.4 Å². The van der Waals surface area contributed by atoms with Gasteiger partial charge in [0.2, 0.25) is 0 Å². The number of rotatable bonds is 3. The summed E-state index contributed by atoms with van der Waals surface area (Å²) in [6.07, 6.45) is 2.86. The monoisotopic (exact) mass is 260 g/mol. The molecule has 0 atom stereocenters. The van der Waals surface area contributed by atoms with E-state index >= 15 is 0 Å². The van der Waals surface area contributed by atoms with Crippen molar-refractivity contribution in [1.29, 1.82) is 0 Å². The molecule has 0 amide bonds. The average molecular weight is 260 g/mol. The van der Waals surface area contributed by atoms with Crippen LogP contribution in [0.2, 0.25) is 0 Å².